The molecule has 1 aromatic heterocycles. The first-order valence-corrected chi connectivity index (χ1v) is 9.04. The molecular weight excluding hydrogens is 332 g/mol. The summed E-state index contributed by atoms with van der Waals surface area (Å²) in [7, 11) is 1.89. The Morgan fingerprint density at radius 2 is 2.27 bits per heavy atom. The summed E-state index contributed by atoms with van der Waals surface area (Å²) in [6.45, 7) is 2.75. The third-order valence-electron chi connectivity index (χ3n) is 5.03. The van der Waals surface area contributed by atoms with E-state index in [2.05, 4.69) is 15.7 Å². The maximum atomic E-state index is 12.9. The van der Waals surface area contributed by atoms with Crippen LogP contribution in [0.25, 0.3) is 0 Å². The molecule has 4 rings (SSSR count). The molecule has 0 bridgehead atoms. The predicted octanol–water partition coefficient (Wildman–Crippen LogP) is 1.53. The van der Waals surface area contributed by atoms with Gasteiger partial charge in [0.25, 0.3) is 0 Å². The van der Waals surface area contributed by atoms with Crippen LogP contribution in [0, 0.1) is 5.92 Å². The second-order valence-corrected chi connectivity index (χ2v) is 6.91. The third-order valence-corrected chi connectivity index (χ3v) is 5.03. The summed E-state index contributed by atoms with van der Waals surface area (Å²) in [6.07, 6.45) is 4.74. The quantitative estimate of drug-likeness (QED) is 0.850. The average Bonchev–Trinajstić information content (AvgIpc) is 3.37. The molecule has 1 amide bonds. The number of rotatable bonds is 5. The van der Waals surface area contributed by atoms with E-state index in [-0.39, 0.29) is 23.8 Å². The van der Waals surface area contributed by atoms with Gasteiger partial charge in [-0.1, -0.05) is 12.1 Å². The molecule has 2 aliphatic heterocycles. The Labute approximate surface area is 152 Å². The van der Waals surface area contributed by atoms with Crippen molar-refractivity contribution in [2.75, 3.05) is 31.6 Å². The lowest BCUT2D eigenvalue weighted by Gasteiger charge is -2.20. The molecule has 1 unspecified atom stereocenters. The van der Waals surface area contributed by atoms with E-state index in [0.717, 1.165) is 25.1 Å². The van der Waals surface area contributed by atoms with Crippen LogP contribution < -0.4 is 15.4 Å². The van der Waals surface area contributed by atoms with E-state index < -0.39 is 0 Å². The van der Waals surface area contributed by atoms with Gasteiger partial charge in [-0.3, -0.25) is 9.48 Å². The molecule has 138 valence electrons. The largest absolute Gasteiger partial charge is 0.486 e. The Bertz CT molecular complexity index is 770. The molecule has 0 saturated carbocycles. The number of anilines is 1. The van der Waals surface area contributed by atoms with Gasteiger partial charge >= 0.3 is 0 Å². The van der Waals surface area contributed by atoms with Crippen molar-refractivity contribution in [2.24, 2.45) is 13.0 Å². The van der Waals surface area contributed by atoms with E-state index >= 15 is 0 Å². The maximum absolute atomic E-state index is 12.9. The summed E-state index contributed by atoms with van der Waals surface area (Å²) < 4.78 is 13.2. The van der Waals surface area contributed by atoms with Crippen LogP contribution in [0.5, 0.6) is 5.75 Å². The number of carbonyl (C=O) groups excluding carboxylic acids is 1. The van der Waals surface area contributed by atoms with Gasteiger partial charge in [-0.15, -0.1) is 0 Å². The van der Waals surface area contributed by atoms with E-state index in [1.807, 2.05) is 43.7 Å². The van der Waals surface area contributed by atoms with Crippen molar-refractivity contribution < 1.29 is 14.3 Å². The standard InChI is InChI=1S/C19H24N4O3/c1-23-11-13(8-21-23)15-9-20-10-16(15)19(24)22-17-4-2-3-5-18(17)26-14-6-7-25-12-14/h2-5,8,11,14-16,20H,6-7,9-10,12H2,1H3,(H,22,24)/t14?,15-,16+/m1/s1. The highest BCUT2D eigenvalue weighted by Crippen LogP contribution is 2.31. The number of para-hydroxylation sites is 2. The number of nitrogens with zero attached hydrogens (tertiary/aromatic N) is 2. The number of hydrogen-bond acceptors (Lipinski definition) is 5. The molecule has 1 aromatic carbocycles. The highest BCUT2D eigenvalue weighted by Gasteiger charge is 2.35. The first-order valence-electron chi connectivity index (χ1n) is 9.04. The van der Waals surface area contributed by atoms with Gasteiger partial charge in [0.05, 0.1) is 31.0 Å². The fraction of sp³-hybridized carbons (Fsp3) is 0.474. The van der Waals surface area contributed by atoms with Gasteiger partial charge in [-0.25, -0.2) is 0 Å². The third kappa shape index (κ3) is 3.59. The van der Waals surface area contributed by atoms with Gasteiger partial charge in [0.15, 0.2) is 0 Å². The molecule has 3 atom stereocenters. The number of amides is 1. The Morgan fingerprint density at radius 1 is 1.38 bits per heavy atom. The lowest BCUT2D eigenvalue weighted by Crippen LogP contribution is -2.28. The number of hydrogen-bond donors (Lipinski definition) is 2. The summed E-state index contributed by atoms with van der Waals surface area (Å²) in [5.74, 6) is 0.685. The van der Waals surface area contributed by atoms with Gasteiger partial charge in [0.1, 0.15) is 11.9 Å². The van der Waals surface area contributed by atoms with Crippen molar-refractivity contribution >= 4 is 11.6 Å². The number of benzene rings is 1. The number of nitrogens with one attached hydrogen (secondary N) is 2. The van der Waals surface area contributed by atoms with Crippen LogP contribution in [0.1, 0.15) is 17.9 Å². The second-order valence-electron chi connectivity index (χ2n) is 6.91. The Hall–Kier alpha value is -2.38. The van der Waals surface area contributed by atoms with Crippen LogP contribution in [0.3, 0.4) is 0 Å². The lowest BCUT2D eigenvalue weighted by molar-refractivity contribution is -0.119. The molecule has 7 heteroatoms. The van der Waals surface area contributed by atoms with E-state index in [1.54, 1.807) is 4.68 Å². The average molecular weight is 356 g/mol. The van der Waals surface area contributed by atoms with Crippen molar-refractivity contribution in [2.45, 2.75) is 18.4 Å². The van der Waals surface area contributed by atoms with Gasteiger partial charge in [0.2, 0.25) is 5.91 Å². The molecule has 2 aliphatic rings. The summed E-state index contributed by atoms with van der Waals surface area (Å²) in [5, 5.41) is 10.6. The van der Waals surface area contributed by atoms with Gasteiger partial charge in [-0.2, -0.15) is 5.10 Å². The fourth-order valence-electron chi connectivity index (χ4n) is 3.62. The summed E-state index contributed by atoms with van der Waals surface area (Å²) >= 11 is 0. The van der Waals surface area contributed by atoms with E-state index in [4.69, 9.17) is 9.47 Å². The van der Waals surface area contributed by atoms with Crippen LogP contribution in [0.4, 0.5) is 5.69 Å². The number of carbonyl (C=O) groups is 1. The topological polar surface area (TPSA) is 77.4 Å². The van der Waals surface area contributed by atoms with E-state index in [0.29, 0.717) is 24.6 Å². The van der Waals surface area contributed by atoms with Crippen LogP contribution in [0.15, 0.2) is 36.7 Å². The molecule has 2 aromatic rings. The van der Waals surface area contributed by atoms with Gasteiger partial charge < -0.3 is 20.1 Å². The molecule has 2 N–H and O–H groups in total. The zero-order valence-corrected chi connectivity index (χ0v) is 14.9. The summed E-state index contributed by atoms with van der Waals surface area (Å²) in [6, 6.07) is 7.58. The molecule has 0 radical (unpaired) electrons. The highest BCUT2D eigenvalue weighted by atomic mass is 16.5. The lowest BCUT2D eigenvalue weighted by atomic mass is 9.90. The molecular formula is C19H24N4O3. The van der Waals surface area contributed by atoms with Crippen molar-refractivity contribution in [1.29, 1.82) is 0 Å². The minimum absolute atomic E-state index is 0.00238. The van der Waals surface area contributed by atoms with E-state index in [1.165, 1.54) is 0 Å². The van der Waals surface area contributed by atoms with Crippen LogP contribution in [-0.2, 0) is 16.6 Å². The first-order chi connectivity index (χ1) is 12.7. The zero-order chi connectivity index (χ0) is 17.9. The van der Waals surface area contributed by atoms with Crippen LogP contribution in [-0.4, -0.2) is 48.1 Å². The normalized spacial score (nSPS) is 25.3. The van der Waals surface area contributed by atoms with Crippen molar-refractivity contribution in [3.8, 4) is 5.75 Å². The molecule has 0 aliphatic carbocycles. The minimum atomic E-state index is -0.137. The number of aromatic nitrogens is 2. The molecule has 7 nitrogen and oxygen atoms in total. The number of ether oxygens (including phenoxy) is 2. The minimum Gasteiger partial charge on any atom is -0.486 e. The van der Waals surface area contributed by atoms with Crippen molar-refractivity contribution in [3.05, 3.63) is 42.2 Å². The maximum Gasteiger partial charge on any atom is 0.229 e. The Kier molecular flexibility index (Phi) is 4.90. The molecule has 26 heavy (non-hydrogen) atoms. The molecule has 2 saturated heterocycles. The zero-order valence-electron chi connectivity index (χ0n) is 14.9. The number of aryl methyl sites for hydroxylation is 1. The summed E-state index contributed by atoms with van der Waals surface area (Å²) in [4.78, 5) is 12.9. The predicted molar refractivity (Wildman–Crippen MR) is 97.2 cm³/mol. The van der Waals surface area contributed by atoms with E-state index in [9.17, 15) is 4.79 Å². The second kappa shape index (κ2) is 7.47. The van der Waals surface area contributed by atoms with Crippen LogP contribution >= 0.6 is 0 Å². The van der Waals surface area contributed by atoms with Crippen molar-refractivity contribution in [1.82, 2.24) is 15.1 Å². The smallest absolute Gasteiger partial charge is 0.229 e. The first kappa shape index (κ1) is 17.1. The van der Waals surface area contributed by atoms with Crippen molar-refractivity contribution in [3.63, 3.8) is 0 Å². The van der Waals surface area contributed by atoms with Gasteiger partial charge in [0, 0.05) is 38.7 Å². The Morgan fingerprint density at radius 3 is 3.04 bits per heavy atom. The monoisotopic (exact) mass is 356 g/mol. The van der Waals surface area contributed by atoms with Gasteiger partial charge in [-0.05, 0) is 17.7 Å². The molecule has 3 heterocycles. The molecule has 2 fully saturated rings. The highest BCUT2D eigenvalue weighted by molar-refractivity contribution is 5.95. The summed E-state index contributed by atoms with van der Waals surface area (Å²) in [5.41, 5.74) is 1.80. The molecule has 0 spiro atoms. The van der Waals surface area contributed by atoms with Crippen LogP contribution in [0.2, 0.25) is 0 Å². The SMILES string of the molecule is Cn1cc([C@H]2CNC[C@@H]2C(=O)Nc2ccccc2OC2CCOC2)cn1. The Balaban J connectivity index is 1.47. The fourth-order valence-corrected chi connectivity index (χ4v) is 3.62.